The Morgan fingerprint density at radius 2 is 2.31 bits per heavy atom. The Morgan fingerprint density at radius 3 is 2.77 bits per heavy atom. The molecule has 3 nitrogen and oxygen atoms in total. The zero-order valence-electron chi connectivity index (χ0n) is 7.84. The predicted molar refractivity (Wildman–Crippen MR) is 49.3 cm³/mol. The van der Waals surface area contributed by atoms with Crippen molar-refractivity contribution >= 4 is 0 Å². The second-order valence-electron chi connectivity index (χ2n) is 3.80. The van der Waals surface area contributed by atoms with E-state index in [1.807, 2.05) is 19.1 Å². The Morgan fingerprint density at radius 1 is 1.54 bits per heavy atom. The van der Waals surface area contributed by atoms with Gasteiger partial charge >= 0.3 is 0 Å². The molecule has 3 heteroatoms. The van der Waals surface area contributed by atoms with Crippen LogP contribution >= 0.6 is 0 Å². The first-order valence-electron chi connectivity index (χ1n) is 4.65. The van der Waals surface area contributed by atoms with Crippen molar-refractivity contribution in [3.8, 4) is 0 Å². The largest absolute Gasteiger partial charge is 0.465 e. The fourth-order valence-corrected chi connectivity index (χ4v) is 1.40. The van der Waals surface area contributed by atoms with Gasteiger partial charge in [-0.05, 0) is 31.9 Å². The lowest BCUT2D eigenvalue weighted by atomic mass is 10.3. The van der Waals surface area contributed by atoms with Crippen LogP contribution in [0.1, 0.15) is 24.4 Å². The molecular formula is C10H15NO2. The summed E-state index contributed by atoms with van der Waals surface area (Å²) in [6.07, 6.45) is 2.15. The van der Waals surface area contributed by atoms with Gasteiger partial charge in [0.05, 0.1) is 13.2 Å². The van der Waals surface area contributed by atoms with Crippen LogP contribution in [0.4, 0.5) is 0 Å². The molecule has 1 saturated carbocycles. The van der Waals surface area contributed by atoms with Crippen molar-refractivity contribution < 1.29 is 9.52 Å². The van der Waals surface area contributed by atoms with E-state index in [9.17, 15) is 0 Å². The molecule has 1 heterocycles. The third-order valence-corrected chi connectivity index (χ3v) is 2.59. The van der Waals surface area contributed by atoms with E-state index < -0.39 is 0 Å². The molecule has 72 valence electrons. The smallest absolute Gasteiger partial charge is 0.117 e. The minimum atomic E-state index is 0.000689. The number of nitrogens with one attached hydrogen (secondary N) is 1. The molecule has 0 aliphatic heterocycles. The molecule has 0 unspecified atom stereocenters. The zero-order chi connectivity index (χ0) is 9.31. The number of aliphatic hydroxyl groups excluding tert-OH is 1. The Kier molecular flexibility index (Phi) is 2.14. The topological polar surface area (TPSA) is 45.4 Å². The molecule has 1 fully saturated rings. The van der Waals surface area contributed by atoms with Crippen LogP contribution in [0.5, 0.6) is 0 Å². The molecule has 0 radical (unpaired) electrons. The maximum Gasteiger partial charge on any atom is 0.117 e. The van der Waals surface area contributed by atoms with Gasteiger partial charge in [0.25, 0.3) is 0 Å². The van der Waals surface area contributed by atoms with Crippen molar-refractivity contribution in [3.05, 3.63) is 23.7 Å². The van der Waals surface area contributed by atoms with Gasteiger partial charge in [-0.2, -0.15) is 0 Å². The van der Waals surface area contributed by atoms with Crippen molar-refractivity contribution in [2.45, 2.75) is 31.8 Å². The molecule has 0 bridgehead atoms. The van der Waals surface area contributed by atoms with Gasteiger partial charge in [0.2, 0.25) is 0 Å². The van der Waals surface area contributed by atoms with Crippen LogP contribution < -0.4 is 5.32 Å². The van der Waals surface area contributed by atoms with Crippen LogP contribution in [0.3, 0.4) is 0 Å². The van der Waals surface area contributed by atoms with Crippen LogP contribution in [0, 0.1) is 6.92 Å². The average molecular weight is 181 g/mol. The quantitative estimate of drug-likeness (QED) is 0.733. The second kappa shape index (κ2) is 3.16. The lowest BCUT2D eigenvalue weighted by Crippen LogP contribution is -2.33. The first-order chi connectivity index (χ1) is 6.24. The molecule has 1 aliphatic rings. The maximum absolute atomic E-state index is 9.05. The SMILES string of the molecule is Cc1ccc(CNC2(CO)CC2)o1. The predicted octanol–water partition coefficient (Wildman–Crippen LogP) is 1.20. The van der Waals surface area contributed by atoms with Gasteiger partial charge in [0.1, 0.15) is 11.5 Å². The number of furan rings is 1. The molecule has 13 heavy (non-hydrogen) atoms. The van der Waals surface area contributed by atoms with Gasteiger partial charge in [-0.15, -0.1) is 0 Å². The van der Waals surface area contributed by atoms with Gasteiger partial charge in [-0.3, -0.25) is 0 Å². The summed E-state index contributed by atoms with van der Waals surface area (Å²) < 4.78 is 5.41. The standard InChI is InChI=1S/C10H15NO2/c1-8-2-3-9(13-8)6-11-10(7-12)4-5-10/h2-3,11-12H,4-7H2,1H3. The van der Waals surface area contributed by atoms with Crippen molar-refractivity contribution in [3.63, 3.8) is 0 Å². The van der Waals surface area contributed by atoms with Crippen molar-refractivity contribution in [1.82, 2.24) is 5.32 Å². The van der Waals surface area contributed by atoms with E-state index in [4.69, 9.17) is 9.52 Å². The number of aryl methyl sites for hydroxylation is 1. The maximum atomic E-state index is 9.05. The molecule has 2 N–H and O–H groups in total. The Balaban J connectivity index is 1.86. The fourth-order valence-electron chi connectivity index (χ4n) is 1.40. The van der Waals surface area contributed by atoms with Crippen LogP contribution in [-0.2, 0) is 6.54 Å². The third-order valence-electron chi connectivity index (χ3n) is 2.59. The van der Waals surface area contributed by atoms with Gasteiger partial charge in [-0.1, -0.05) is 0 Å². The first-order valence-corrected chi connectivity index (χ1v) is 4.65. The molecule has 1 aliphatic carbocycles. The normalized spacial score (nSPS) is 18.9. The molecule has 0 spiro atoms. The number of rotatable bonds is 4. The summed E-state index contributed by atoms with van der Waals surface area (Å²) in [5.74, 6) is 1.88. The first kappa shape index (κ1) is 8.78. The van der Waals surface area contributed by atoms with Crippen molar-refractivity contribution in [1.29, 1.82) is 0 Å². The van der Waals surface area contributed by atoms with E-state index in [1.54, 1.807) is 0 Å². The summed E-state index contributed by atoms with van der Waals surface area (Å²) in [6.45, 7) is 2.88. The number of hydrogen-bond donors (Lipinski definition) is 2. The van der Waals surface area contributed by atoms with Crippen LogP contribution in [0.25, 0.3) is 0 Å². The highest BCUT2D eigenvalue weighted by Crippen LogP contribution is 2.34. The molecule has 0 aromatic carbocycles. The summed E-state index contributed by atoms with van der Waals surface area (Å²) in [7, 11) is 0. The van der Waals surface area contributed by atoms with Crippen molar-refractivity contribution in [2.24, 2.45) is 0 Å². The van der Waals surface area contributed by atoms with Gasteiger partial charge in [0.15, 0.2) is 0 Å². The van der Waals surface area contributed by atoms with Gasteiger partial charge < -0.3 is 14.8 Å². The summed E-state index contributed by atoms with van der Waals surface area (Å²) in [4.78, 5) is 0. The van der Waals surface area contributed by atoms with Crippen molar-refractivity contribution in [2.75, 3.05) is 6.61 Å². The van der Waals surface area contributed by atoms with Crippen LogP contribution in [0.2, 0.25) is 0 Å². The van der Waals surface area contributed by atoms with E-state index in [0.717, 1.165) is 24.4 Å². The fraction of sp³-hybridized carbons (Fsp3) is 0.600. The number of aliphatic hydroxyl groups is 1. The minimum absolute atomic E-state index is 0.000689. The molecule has 1 aromatic rings. The van der Waals surface area contributed by atoms with Gasteiger partial charge in [0, 0.05) is 5.54 Å². The summed E-state index contributed by atoms with van der Waals surface area (Å²) in [5.41, 5.74) is 0.000689. The summed E-state index contributed by atoms with van der Waals surface area (Å²) >= 11 is 0. The van der Waals surface area contributed by atoms with Crippen LogP contribution in [-0.4, -0.2) is 17.3 Å². The Bertz CT molecular complexity index is 289. The minimum Gasteiger partial charge on any atom is -0.465 e. The summed E-state index contributed by atoms with van der Waals surface area (Å²) in [6, 6.07) is 3.92. The molecule has 1 aromatic heterocycles. The van der Waals surface area contributed by atoms with E-state index >= 15 is 0 Å². The second-order valence-corrected chi connectivity index (χ2v) is 3.80. The van der Waals surface area contributed by atoms with Crippen LogP contribution in [0.15, 0.2) is 16.5 Å². The highest BCUT2D eigenvalue weighted by Gasteiger charge is 2.41. The monoisotopic (exact) mass is 181 g/mol. The summed E-state index contributed by atoms with van der Waals surface area (Å²) in [5, 5.41) is 12.4. The Labute approximate surface area is 77.8 Å². The lowest BCUT2D eigenvalue weighted by Gasteiger charge is -2.12. The highest BCUT2D eigenvalue weighted by atomic mass is 16.3. The average Bonchev–Trinajstić information content (AvgIpc) is 2.81. The van der Waals surface area contributed by atoms with E-state index in [-0.39, 0.29) is 12.1 Å². The van der Waals surface area contributed by atoms with Gasteiger partial charge in [-0.25, -0.2) is 0 Å². The number of hydrogen-bond acceptors (Lipinski definition) is 3. The van der Waals surface area contributed by atoms with E-state index in [1.165, 1.54) is 0 Å². The molecule has 0 amide bonds. The van der Waals surface area contributed by atoms with E-state index in [2.05, 4.69) is 5.32 Å². The molecular weight excluding hydrogens is 166 g/mol. The molecule has 2 rings (SSSR count). The Hall–Kier alpha value is -0.800. The molecule has 0 atom stereocenters. The lowest BCUT2D eigenvalue weighted by molar-refractivity contribution is 0.226. The van der Waals surface area contributed by atoms with E-state index in [0.29, 0.717) is 6.54 Å². The highest BCUT2D eigenvalue weighted by molar-refractivity contribution is 5.08. The zero-order valence-corrected chi connectivity index (χ0v) is 7.84. The molecule has 0 saturated heterocycles. The third kappa shape index (κ3) is 1.92.